The van der Waals surface area contributed by atoms with E-state index in [1.54, 1.807) is 15.9 Å². The van der Waals surface area contributed by atoms with Crippen molar-refractivity contribution < 1.29 is 18.4 Å². The number of aromatic amines is 1. The zero-order valence-electron chi connectivity index (χ0n) is 13.7. The number of hydrogen-bond donors (Lipinski definition) is 2. The number of carbonyl (C=O) groups excluding carboxylic acids is 2. The van der Waals surface area contributed by atoms with Gasteiger partial charge in [0.1, 0.15) is 5.69 Å². The Labute approximate surface area is 138 Å². The fraction of sp³-hybridized carbons (Fsp3) is 0.667. The van der Waals surface area contributed by atoms with Crippen LogP contribution >= 0.6 is 0 Å². The van der Waals surface area contributed by atoms with Crippen molar-refractivity contribution in [3.05, 3.63) is 17.5 Å². The SMILES string of the molecule is CC(=O)NC[C@@H]1CC(F)(F)CN1C1CN(C(=O)c2cc(C)[nH]n2)C1. The summed E-state index contributed by atoms with van der Waals surface area (Å²) >= 11 is 0. The lowest BCUT2D eigenvalue weighted by Crippen LogP contribution is -2.63. The number of aromatic nitrogens is 2. The van der Waals surface area contributed by atoms with E-state index in [1.165, 1.54) is 6.92 Å². The molecule has 0 aliphatic carbocycles. The van der Waals surface area contributed by atoms with Crippen molar-refractivity contribution in [2.24, 2.45) is 0 Å². The number of alkyl halides is 2. The fourth-order valence-corrected chi connectivity index (χ4v) is 3.32. The van der Waals surface area contributed by atoms with Crippen molar-refractivity contribution in [2.75, 3.05) is 26.2 Å². The molecule has 132 valence electrons. The van der Waals surface area contributed by atoms with Crippen LogP contribution in [0.3, 0.4) is 0 Å². The highest BCUT2D eigenvalue weighted by molar-refractivity contribution is 5.93. The van der Waals surface area contributed by atoms with Crippen molar-refractivity contribution in [3.63, 3.8) is 0 Å². The summed E-state index contributed by atoms with van der Waals surface area (Å²) in [6.45, 7) is 3.85. The molecule has 2 N–H and O–H groups in total. The van der Waals surface area contributed by atoms with Crippen molar-refractivity contribution in [2.45, 2.75) is 38.3 Å². The number of hydrogen-bond acceptors (Lipinski definition) is 4. The zero-order chi connectivity index (χ0) is 17.5. The van der Waals surface area contributed by atoms with Crippen LogP contribution in [0, 0.1) is 6.92 Å². The summed E-state index contributed by atoms with van der Waals surface area (Å²) in [4.78, 5) is 26.6. The van der Waals surface area contributed by atoms with Gasteiger partial charge in [0, 0.05) is 50.8 Å². The van der Waals surface area contributed by atoms with Gasteiger partial charge >= 0.3 is 0 Å². The standard InChI is InChI=1S/C15H21F2N5O2/c1-9-3-13(20-19-9)14(24)21-6-12(7-21)22-8-15(16,17)4-11(22)5-18-10(2)23/h3,11-12H,4-8H2,1-2H3,(H,18,23)(H,19,20)/t11-/m0/s1. The number of likely N-dealkylation sites (tertiary alicyclic amines) is 2. The molecule has 0 unspecified atom stereocenters. The van der Waals surface area contributed by atoms with Crippen molar-refractivity contribution >= 4 is 11.8 Å². The summed E-state index contributed by atoms with van der Waals surface area (Å²) in [5.41, 5.74) is 1.14. The number of halogens is 2. The molecular formula is C15H21F2N5O2. The molecule has 3 heterocycles. The molecule has 0 bridgehead atoms. The fourth-order valence-electron chi connectivity index (χ4n) is 3.32. The second kappa shape index (κ2) is 6.12. The maximum atomic E-state index is 13.8. The molecular weight excluding hydrogens is 320 g/mol. The minimum atomic E-state index is -2.76. The monoisotopic (exact) mass is 341 g/mol. The van der Waals surface area contributed by atoms with Crippen LogP contribution in [0.4, 0.5) is 8.78 Å². The first kappa shape index (κ1) is 16.8. The zero-order valence-corrected chi connectivity index (χ0v) is 13.7. The molecule has 2 aliphatic heterocycles. The Balaban J connectivity index is 1.58. The maximum Gasteiger partial charge on any atom is 0.274 e. The lowest BCUT2D eigenvalue weighted by atomic mass is 10.0. The number of H-pyrrole nitrogens is 1. The number of amides is 2. The van der Waals surface area contributed by atoms with Gasteiger partial charge in [-0.2, -0.15) is 5.10 Å². The van der Waals surface area contributed by atoms with Gasteiger partial charge in [0.25, 0.3) is 11.8 Å². The summed E-state index contributed by atoms with van der Waals surface area (Å²) in [6.07, 6.45) is -0.268. The molecule has 0 saturated carbocycles. The minimum Gasteiger partial charge on any atom is -0.355 e. The third kappa shape index (κ3) is 3.40. The van der Waals surface area contributed by atoms with Gasteiger partial charge in [-0.05, 0) is 13.0 Å². The van der Waals surface area contributed by atoms with Gasteiger partial charge in [-0.3, -0.25) is 19.6 Å². The van der Waals surface area contributed by atoms with E-state index in [2.05, 4.69) is 15.5 Å². The van der Waals surface area contributed by atoms with Crippen LogP contribution in [0.15, 0.2) is 6.07 Å². The smallest absolute Gasteiger partial charge is 0.274 e. The molecule has 1 aromatic heterocycles. The molecule has 2 aliphatic rings. The first-order valence-corrected chi connectivity index (χ1v) is 7.94. The second-order valence-electron chi connectivity index (χ2n) is 6.62. The molecule has 2 amide bonds. The van der Waals surface area contributed by atoms with Gasteiger partial charge in [0.05, 0.1) is 6.54 Å². The van der Waals surface area contributed by atoms with E-state index in [-0.39, 0.29) is 37.4 Å². The van der Waals surface area contributed by atoms with E-state index in [0.717, 1.165) is 5.69 Å². The molecule has 1 aromatic rings. The van der Waals surface area contributed by atoms with Crippen LogP contribution in [0.5, 0.6) is 0 Å². The number of aryl methyl sites for hydroxylation is 1. The van der Waals surface area contributed by atoms with E-state index in [4.69, 9.17) is 0 Å². The van der Waals surface area contributed by atoms with E-state index >= 15 is 0 Å². The highest BCUT2D eigenvalue weighted by Crippen LogP contribution is 2.35. The Hall–Kier alpha value is -2.03. The second-order valence-corrected chi connectivity index (χ2v) is 6.62. The van der Waals surface area contributed by atoms with Gasteiger partial charge in [-0.1, -0.05) is 0 Å². The third-order valence-corrected chi connectivity index (χ3v) is 4.55. The predicted octanol–water partition coefficient (Wildman–Crippen LogP) is 0.388. The number of nitrogens with zero attached hydrogens (tertiary/aromatic N) is 3. The largest absolute Gasteiger partial charge is 0.355 e. The summed E-state index contributed by atoms with van der Waals surface area (Å²) in [5.74, 6) is -3.18. The Bertz CT molecular complexity index is 642. The third-order valence-electron chi connectivity index (χ3n) is 4.55. The van der Waals surface area contributed by atoms with E-state index in [9.17, 15) is 18.4 Å². The Kier molecular flexibility index (Phi) is 4.29. The summed E-state index contributed by atoms with van der Waals surface area (Å²) in [5, 5.41) is 9.26. The van der Waals surface area contributed by atoms with Crippen LogP contribution in [0.1, 0.15) is 29.5 Å². The molecule has 1 atom stereocenters. The number of nitrogens with one attached hydrogen (secondary N) is 2. The summed E-state index contributed by atoms with van der Waals surface area (Å²) in [7, 11) is 0. The van der Waals surface area contributed by atoms with Crippen LogP contribution in [-0.4, -0.2) is 76.0 Å². The molecule has 2 saturated heterocycles. The van der Waals surface area contributed by atoms with Gasteiger partial charge < -0.3 is 10.2 Å². The van der Waals surface area contributed by atoms with Gasteiger partial charge in [0.2, 0.25) is 5.91 Å². The van der Waals surface area contributed by atoms with Crippen LogP contribution in [-0.2, 0) is 4.79 Å². The van der Waals surface area contributed by atoms with Gasteiger partial charge in [0.15, 0.2) is 0 Å². The van der Waals surface area contributed by atoms with Crippen molar-refractivity contribution in [1.29, 1.82) is 0 Å². The molecule has 7 nitrogen and oxygen atoms in total. The highest BCUT2D eigenvalue weighted by atomic mass is 19.3. The van der Waals surface area contributed by atoms with Crippen LogP contribution in [0.2, 0.25) is 0 Å². The molecule has 0 spiro atoms. The van der Waals surface area contributed by atoms with E-state index in [1.807, 2.05) is 6.92 Å². The normalized spacial score (nSPS) is 24.0. The molecule has 24 heavy (non-hydrogen) atoms. The highest BCUT2D eigenvalue weighted by Gasteiger charge is 2.50. The number of carbonyl (C=O) groups is 2. The summed E-state index contributed by atoms with van der Waals surface area (Å²) in [6, 6.07) is 1.15. The molecule has 3 rings (SSSR count). The predicted molar refractivity (Wildman–Crippen MR) is 81.8 cm³/mol. The lowest BCUT2D eigenvalue weighted by Gasteiger charge is -2.45. The van der Waals surface area contributed by atoms with Gasteiger partial charge in [-0.15, -0.1) is 0 Å². The average Bonchev–Trinajstić information content (AvgIpc) is 2.98. The molecule has 2 fully saturated rings. The topological polar surface area (TPSA) is 81.3 Å². The van der Waals surface area contributed by atoms with Gasteiger partial charge in [-0.25, -0.2) is 8.78 Å². The van der Waals surface area contributed by atoms with Crippen LogP contribution < -0.4 is 5.32 Å². The van der Waals surface area contributed by atoms with Crippen molar-refractivity contribution in [1.82, 2.24) is 25.3 Å². The Morgan fingerprint density at radius 2 is 2.17 bits per heavy atom. The first-order valence-electron chi connectivity index (χ1n) is 7.94. The molecule has 0 aromatic carbocycles. The van der Waals surface area contributed by atoms with E-state index < -0.39 is 12.0 Å². The Morgan fingerprint density at radius 1 is 1.46 bits per heavy atom. The quantitative estimate of drug-likeness (QED) is 0.830. The molecule has 0 radical (unpaired) electrons. The number of rotatable bonds is 4. The van der Waals surface area contributed by atoms with Crippen LogP contribution in [0.25, 0.3) is 0 Å². The van der Waals surface area contributed by atoms with Crippen molar-refractivity contribution in [3.8, 4) is 0 Å². The summed E-state index contributed by atoms with van der Waals surface area (Å²) < 4.78 is 27.5. The lowest BCUT2D eigenvalue weighted by molar-refractivity contribution is -0.119. The minimum absolute atomic E-state index is 0.110. The maximum absolute atomic E-state index is 13.8. The van der Waals surface area contributed by atoms with E-state index in [0.29, 0.717) is 18.8 Å². The average molecular weight is 341 g/mol. The molecule has 9 heteroatoms. The Morgan fingerprint density at radius 3 is 2.75 bits per heavy atom. The first-order chi connectivity index (χ1) is 11.2.